The van der Waals surface area contributed by atoms with Gasteiger partial charge in [-0.05, 0) is 58.9 Å². The maximum atomic E-state index is 11.5. The summed E-state index contributed by atoms with van der Waals surface area (Å²) in [6, 6.07) is 10.1. The molecular weight excluding hydrogens is 454 g/mol. The molecule has 0 spiro atoms. The molecule has 0 radical (unpaired) electrons. The van der Waals surface area contributed by atoms with Gasteiger partial charge in [-0.1, -0.05) is 30.3 Å². The Bertz CT molecular complexity index is 740. The molecule has 2 atom stereocenters. The number of benzene rings is 1. The summed E-state index contributed by atoms with van der Waals surface area (Å²) in [5.74, 6) is 0. The minimum atomic E-state index is -1.05. The van der Waals surface area contributed by atoms with Gasteiger partial charge in [0.15, 0.2) is 0 Å². The fourth-order valence-corrected chi connectivity index (χ4v) is 2.57. The van der Waals surface area contributed by atoms with Gasteiger partial charge in [0.25, 0.3) is 16.6 Å². The van der Waals surface area contributed by atoms with Crippen molar-refractivity contribution < 1.29 is 38.9 Å². The fourth-order valence-electron chi connectivity index (χ4n) is 2.57. The van der Waals surface area contributed by atoms with E-state index in [0.29, 0.717) is 19.3 Å². The number of ether oxygens (including phenoxy) is 2. The highest BCUT2D eigenvalue weighted by Gasteiger charge is 2.17. The summed E-state index contributed by atoms with van der Waals surface area (Å²) in [5, 5.41) is 20.7. The van der Waals surface area contributed by atoms with Crippen molar-refractivity contribution in [1.82, 2.24) is 5.32 Å². The molecule has 13 nitrogen and oxygen atoms in total. The fraction of sp³-hybridized carbons (Fsp3) is 0.619. The van der Waals surface area contributed by atoms with Crippen molar-refractivity contribution in [3.8, 4) is 0 Å². The number of nitrogens with one attached hydrogen (secondary N) is 1. The highest BCUT2D eigenvalue weighted by Crippen LogP contribution is 2.08. The average molecular weight is 488 g/mol. The molecule has 0 aliphatic heterocycles. The monoisotopic (exact) mass is 487 g/mol. The van der Waals surface area contributed by atoms with E-state index in [-0.39, 0.29) is 25.2 Å². The molecule has 34 heavy (non-hydrogen) atoms. The molecule has 0 heterocycles. The first-order valence-corrected chi connectivity index (χ1v) is 10.6. The Kier molecular flexibility index (Phi) is 15.1. The van der Waals surface area contributed by atoms with Crippen molar-refractivity contribution in [2.24, 2.45) is 0 Å². The summed E-state index contributed by atoms with van der Waals surface area (Å²) in [7, 11) is 0. The normalized spacial score (nSPS) is 12.1. The number of carbonyl (C=O) groups is 2. The Morgan fingerprint density at radius 1 is 1.12 bits per heavy atom. The SMILES string of the molecule is CC(Cc1ccccc1)NC(=O)OC(C)(C)C.O=COCCCCC(CO[N+](=O)[O-])O[N+](=O)[O-]. The lowest BCUT2D eigenvalue weighted by atomic mass is 10.1. The number of unbranched alkanes of at least 4 members (excludes halogenated alkanes) is 1. The second-order valence-electron chi connectivity index (χ2n) is 8.17. The van der Waals surface area contributed by atoms with E-state index in [1.807, 2.05) is 58.0 Å². The predicted octanol–water partition coefficient (Wildman–Crippen LogP) is 3.26. The zero-order valence-electron chi connectivity index (χ0n) is 19.8. The van der Waals surface area contributed by atoms with Crippen LogP contribution in [-0.4, -0.2) is 53.7 Å². The van der Waals surface area contributed by atoms with E-state index in [0.717, 1.165) is 6.42 Å². The van der Waals surface area contributed by atoms with Gasteiger partial charge in [-0.25, -0.2) is 4.79 Å². The van der Waals surface area contributed by atoms with E-state index >= 15 is 0 Å². The largest absolute Gasteiger partial charge is 0.468 e. The molecular formula is C21H33N3O10. The summed E-state index contributed by atoms with van der Waals surface area (Å²) in [6.45, 7) is 7.50. The molecule has 1 aromatic rings. The molecule has 0 saturated heterocycles. The highest BCUT2D eigenvalue weighted by atomic mass is 17.0. The second kappa shape index (κ2) is 16.9. The van der Waals surface area contributed by atoms with Gasteiger partial charge in [0.05, 0.1) is 6.61 Å². The van der Waals surface area contributed by atoms with Crippen LogP contribution in [0.4, 0.5) is 4.79 Å². The minimum absolute atomic E-state index is 0.0623. The van der Waals surface area contributed by atoms with E-state index in [4.69, 9.17) is 4.74 Å². The van der Waals surface area contributed by atoms with Crippen molar-refractivity contribution in [3.05, 3.63) is 56.1 Å². The molecule has 0 saturated carbocycles. The van der Waals surface area contributed by atoms with Gasteiger partial charge in [-0.15, -0.1) is 20.2 Å². The van der Waals surface area contributed by atoms with E-state index in [1.165, 1.54) is 5.56 Å². The Morgan fingerprint density at radius 2 is 1.76 bits per heavy atom. The lowest BCUT2D eigenvalue weighted by Gasteiger charge is -2.22. The number of nitrogens with zero attached hydrogens (tertiary/aromatic N) is 2. The standard InChI is InChI=1S/C14H21NO2.C7H12N2O8/c1-11(10-12-8-6-5-7-9-12)15-13(16)17-14(2,3)4;10-6-15-4-2-1-3-7(17-9(13)14)5-16-8(11)12/h5-9,11H,10H2,1-4H3,(H,15,16);6-7H,1-5H2. The summed E-state index contributed by atoms with van der Waals surface area (Å²) in [4.78, 5) is 49.5. The number of rotatable bonds is 14. The van der Waals surface area contributed by atoms with Crippen LogP contribution in [-0.2, 0) is 30.4 Å². The predicted molar refractivity (Wildman–Crippen MR) is 120 cm³/mol. The van der Waals surface area contributed by atoms with E-state index in [1.54, 1.807) is 0 Å². The molecule has 2 unspecified atom stereocenters. The first-order valence-electron chi connectivity index (χ1n) is 10.6. The Balaban J connectivity index is 0.000000641. The molecule has 13 heteroatoms. The highest BCUT2D eigenvalue weighted by molar-refractivity contribution is 5.68. The van der Waals surface area contributed by atoms with Crippen LogP contribution >= 0.6 is 0 Å². The van der Waals surface area contributed by atoms with Gasteiger partial charge in [0.1, 0.15) is 18.3 Å². The van der Waals surface area contributed by atoms with Gasteiger partial charge < -0.3 is 24.5 Å². The minimum Gasteiger partial charge on any atom is -0.468 e. The van der Waals surface area contributed by atoms with E-state index < -0.39 is 28.5 Å². The van der Waals surface area contributed by atoms with Crippen LogP contribution < -0.4 is 5.32 Å². The van der Waals surface area contributed by atoms with Crippen LogP contribution in [0.25, 0.3) is 0 Å². The average Bonchev–Trinajstić information content (AvgIpc) is 2.71. The topological polar surface area (TPSA) is 169 Å². The number of amides is 1. The Hall–Kier alpha value is -3.64. The Morgan fingerprint density at radius 3 is 2.29 bits per heavy atom. The van der Waals surface area contributed by atoms with Crippen LogP contribution in [0.2, 0.25) is 0 Å². The third kappa shape index (κ3) is 19.1. The number of hydrogen-bond acceptors (Lipinski definition) is 10. The third-order valence-corrected chi connectivity index (χ3v) is 3.86. The summed E-state index contributed by atoms with van der Waals surface area (Å²) >= 11 is 0. The zero-order valence-corrected chi connectivity index (χ0v) is 19.8. The third-order valence-electron chi connectivity index (χ3n) is 3.86. The Labute approximate surface area is 197 Å². The number of hydrogen-bond donors (Lipinski definition) is 1. The number of alkyl carbamates (subject to hydrolysis) is 1. The molecule has 1 N–H and O–H groups in total. The molecule has 1 rings (SSSR count). The molecule has 1 amide bonds. The smallest absolute Gasteiger partial charge is 0.407 e. The van der Waals surface area contributed by atoms with Crippen LogP contribution in [0.15, 0.2) is 30.3 Å². The van der Waals surface area contributed by atoms with Crippen molar-refractivity contribution in [2.75, 3.05) is 13.2 Å². The lowest BCUT2D eigenvalue weighted by Crippen LogP contribution is -2.38. The molecule has 0 aliphatic carbocycles. The lowest BCUT2D eigenvalue weighted by molar-refractivity contribution is -0.790. The molecule has 192 valence electrons. The number of carbonyl (C=O) groups excluding carboxylic acids is 2. The van der Waals surface area contributed by atoms with Gasteiger partial charge in [-0.3, -0.25) is 4.79 Å². The van der Waals surface area contributed by atoms with Crippen molar-refractivity contribution in [1.29, 1.82) is 0 Å². The molecule has 0 bridgehead atoms. The van der Waals surface area contributed by atoms with E-state index in [2.05, 4.69) is 19.7 Å². The zero-order chi connectivity index (χ0) is 26.0. The van der Waals surface area contributed by atoms with Gasteiger partial charge in [0.2, 0.25) is 0 Å². The van der Waals surface area contributed by atoms with Crippen molar-refractivity contribution in [2.45, 2.75) is 71.1 Å². The van der Waals surface area contributed by atoms with Crippen LogP contribution in [0.3, 0.4) is 0 Å². The van der Waals surface area contributed by atoms with Gasteiger partial charge in [0, 0.05) is 6.04 Å². The molecule has 1 aromatic carbocycles. The summed E-state index contributed by atoms with van der Waals surface area (Å²) in [6.07, 6.45) is 0.562. The van der Waals surface area contributed by atoms with Gasteiger partial charge >= 0.3 is 6.09 Å². The van der Waals surface area contributed by atoms with Crippen LogP contribution in [0.5, 0.6) is 0 Å². The second-order valence-corrected chi connectivity index (χ2v) is 8.17. The van der Waals surface area contributed by atoms with Gasteiger partial charge in [-0.2, -0.15) is 0 Å². The molecule has 0 aliphatic rings. The quantitative estimate of drug-likeness (QED) is 0.178. The van der Waals surface area contributed by atoms with Crippen molar-refractivity contribution in [3.63, 3.8) is 0 Å². The van der Waals surface area contributed by atoms with Crippen LogP contribution in [0, 0.1) is 20.2 Å². The summed E-state index contributed by atoms with van der Waals surface area (Å²) in [5.41, 5.74) is 0.757. The van der Waals surface area contributed by atoms with Crippen LogP contribution in [0.1, 0.15) is 52.5 Å². The van der Waals surface area contributed by atoms with Crippen molar-refractivity contribution >= 4 is 12.6 Å². The maximum Gasteiger partial charge on any atom is 0.407 e. The molecule has 0 aromatic heterocycles. The van der Waals surface area contributed by atoms with E-state index in [9.17, 15) is 29.8 Å². The molecule has 0 fully saturated rings. The summed E-state index contributed by atoms with van der Waals surface area (Å²) < 4.78 is 9.60. The first kappa shape index (κ1) is 30.4. The first-order chi connectivity index (χ1) is 15.9. The maximum absolute atomic E-state index is 11.5.